The minimum absolute atomic E-state index is 0.0376. The number of ether oxygens (including phenoxy) is 3. The molecule has 210 valence electrons. The number of allylic oxidation sites excluding steroid dienone is 12. The average Bonchev–Trinajstić information content (AvgIpc) is 2.92. The van der Waals surface area contributed by atoms with E-state index in [9.17, 15) is 14.4 Å². The fraction of sp³-hybridized carbons (Fsp3) is 0.364. The molecule has 0 unspecified atom stereocenters. The quantitative estimate of drug-likeness (QED) is 0.0780. The first kappa shape index (κ1) is 33.1. The van der Waals surface area contributed by atoms with Gasteiger partial charge in [-0.3, -0.25) is 9.59 Å². The molecule has 39 heavy (non-hydrogen) atoms. The topological polar surface area (TPSA) is 78.9 Å². The zero-order valence-corrected chi connectivity index (χ0v) is 23.3. The lowest BCUT2D eigenvalue weighted by molar-refractivity contribution is -0.144. The van der Waals surface area contributed by atoms with Gasteiger partial charge in [0.2, 0.25) is 0 Å². The first-order valence-corrected chi connectivity index (χ1v) is 13.5. The highest BCUT2D eigenvalue weighted by molar-refractivity contribution is 5.93. The van der Waals surface area contributed by atoms with Gasteiger partial charge in [-0.15, -0.1) is 0 Å². The third kappa shape index (κ3) is 18.9. The summed E-state index contributed by atoms with van der Waals surface area (Å²) in [5.74, 6) is -1.41. The molecule has 1 aromatic carbocycles. The van der Waals surface area contributed by atoms with E-state index in [4.69, 9.17) is 14.2 Å². The molecule has 0 atom stereocenters. The van der Waals surface area contributed by atoms with Crippen LogP contribution >= 0.6 is 0 Å². The van der Waals surface area contributed by atoms with Crippen LogP contribution in [0.5, 0.6) is 5.75 Å². The predicted octanol–water partition coefficient (Wildman–Crippen LogP) is 7.79. The van der Waals surface area contributed by atoms with E-state index in [2.05, 4.69) is 67.7 Å². The van der Waals surface area contributed by atoms with Crippen LogP contribution in [0.15, 0.2) is 97.2 Å². The van der Waals surface area contributed by atoms with Crippen molar-refractivity contribution in [3.05, 3.63) is 103 Å². The molecule has 0 fully saturated rings. The molecule has 1 aromatic rings. The molecule has 0 heterocycles. The van der Waals surface area contributed by atoms with E-state index in [1.165, 1.54) is 19.1 Å². The van der Waals surface area contributed by atoms with Crippen LogP contribution in [0, 0.1) is 0 Å². The lowest BCUT2D eigenvalue weighted by Gasteiger charge is -2.09. The van der Waals surface area contributed by atoms with Crippen molar-refractivity contribution >= 4 is 17.9 Å². The Morgan fingerprint density at radius 3 is 1.69 bits per heavy atom. The molecule has 0 aliphatic rings. The lowest BCUT2D eigenvalue weighted by atomic mass is 10.2. The summed E-state index contributed by atoms with van der Waals surface area (Å²) in [7, 11) is 0. The molecular formula is C33H42O6. The number of rotatable bonds is 19. The van der Waals surface area contributed by atoms with Crippen molar-refractivity contribution in [3.8, 4) is 5.75 Å². The maximum atomic E-state index is 12.2. The summed E-state index contributed by atoms with van der Waals surface area (Å²) in [6.45, 7) is 3.27. The van der Waals surface area contributed by atoms with Crippen molar-refractivity contribution in [2.24, 2.45) is 0 Å². The van der Waals surface area contributed by atoms with Crippen LogP contribution in [-0.4, -0.2) is 31.1 Å². The van der Waals surface area contributed by atoms with Crippen LogP contribution in [0.3, 0.4) is 0 Å². The standard InChI is InChI=1S/C33H42O6/c1-3-4-5-6-7-8-9-10-11-12-13-14-15-16-17-18-19-20-21-26-32(35)37-27-28-38-33(36)30-24-22-23-25-31(30)39-29(2)34/h4-5,7-8,10-11,13-14,16-17,19-20,22-25H,3,6,9,12,15,18,21,26-28H2,1-2H3. The van der Waals surface area contributed by atoms with Gasteiger partial charge in [-0.2, -0.15) is 0 Å². The minimum atomic E-state index is -0.652. The van der Waals surface area contributed by atoms with Crippen LogP contribution in [0.4, 0.5) is 0 Å². The summed E-state index contributed by atoms with van der Waals surface area (Å²) in [5, 5.41) is 0. The van der Waals surface area contributed by atoms with E-state index in [-0.39, 0.29) is 36.9 Å². The molecule has 0 aliphatic heterocycles. The monoisotopic (exact) mass is 534 g/mol. The molecule has 0 saturated carbocycles. The lowest BCUT2D eigenvalue weighted by Crippen LogP contribution is -2.15. The maximum Gasteiger partial charge on any atom is 0.342 e. The second-order valence-corrected chi connectivity index (χ2v) is 8.40. The van der Waals surface area contributed by atoms with Crippen molar-refractivity contribution in [1.29, 1.82) is 0 Å². The fourth-order valence-electron chi connectivity index (χ4n) is 3.16. The van der Waals surface area contributed by atoms with E-state index < -0.39 is 11.9 Å². The molecular weight excluding hydrogens is 492 g/mol. The summed E-state index contributed by atoms with van der Waals surface area (Å²) in [6, 6.07) is 6.29. The Kier molecular flexibility index (Phi) is 19.7. The third-order valence-corrected chi connectivity index (χ3v) is 5.05. The Labute approximate surface area is 233 Å². The number of hydrogen-bond donors (Lipinski definition) is 0. The van der Waals surface area contributed by atoms with Crippen LogP contribution in [-0.2, 0) is 19.1 Å². The van der Waals surface area contributed by atoms with E-state index in [1.54, 1.807) is 12.1 Å². The molecule has 1 rings (SSSR count). The third-order valence-electron chi connectivity index (χ3n) is 5.05. The summed E-state index contributed by atoms with van der Waals surface area (Å²) in [6.07, 6.45) is 32.2. The molecule has 0 spiro atoms. The number of para-hydroxylation sites is 1. The summed E-state index contributed by atoms with van der Waals surface area (Å²) >= 11 is 0. The second-order valence-electron chi connectivity index (χ2n) is 8.40. The Balaban J connectivity index is 2.06. The van der Waals surface area contributed by atoms with Gasteiger partial charge in [0.15, 0.2) is 0 Å². The number of carbonyl (C=O) groups is 3. The first-order valence-electron chi connectivity index (χ1n) is 13.5. The van der Waals surface area contributed by atoms with Crippen molar-refractivity contribution < 1.29 is 28.6 Å². The smallest absolute Gasteiger partial charge is 0.342 e. The van der Waals surface area contributed by atoms with Crippen LogP contribution in [0.25, 0.3) is 0 Å². The van der Waals surface area contributed by atoms with E-state index in [0.29, 0.717) is 6.42 Å². The van der Waals surface area contributed by atoms with Gasteiger partial charge in [-0.25, -0.2) is 4.79 Å². The van der Waals surface area contributed by atoms with Crippen molar-refractivity contribution in [2.75, 3.05) is 13.2 Å². The molecule has 0 bridgehead atoms. The molecule has 0 radical (unpaired) electrons. The van der Waals surface area contributed by atoms with Crippen molar-refractivity contribution in [3.63, 3.8) is 0 Å². The van der Waals surface area contributed by atoms with Gasteiger partial charge >= 0.3 is 17.9 Å². The number of esters is 3. The number of benzene rings is 1. The van der Waals surface area contributed by atoms with Gasteiger partial charge < -0.3 is 14.2 Å². The van der Waals surface area contributed by atoms with Gasteiger partial charge in [0.1, 0.15) is 24.5 Å². The van der Waals surface area contributed by atoms with Gasteiger partial charge in [0, 0.05) is 13.3 Å². The molecule has 6 heteroatoms. The zero-order valence-electron chi connectivity index (χ0n) is 23.3. The van der Waals surface area contributed by atoms with Gasteiger partial charge in [-0.05, 0) is 57.1 Å². The Bertz CT molecular complexity index is 1030. The SMILES string of the molecule is CCC=CCC=CCC=CCC=CCC=CCC=CCCC(=O)OCCOC(=O)c1ccccc1OC(C)=O. The van der Waals surface area contributed by atoms with E-state index >= 15 is 0 Å². The van der Waals surface area contributed by atoms with E-state index in [0.717, 1.165) is 38.5 Å². The highest BCUT2D eigenvalue weighted by atomic mass is 16.6. The van der Waals surface area contributed by atoms with Gasteiger partial charge in [0.25, 0.3) is 0 Å². The van der Waals surface area contributed by atoms with E-state index in [1.807, 2.05) is 12.2 Å². The molecule has 0 amide bonds. The van der Waals surface area contributed by atoms with Crippen LogP contribution in [0.2, 0.25) is 0 Å². The van der Waals surface area contributed by atoms with Crippen LogP contribution in [0.1, 0.15) is 75.6 Å². The molecule has 0 N–H and O–H groups in total. The molecule has 0 aliphatic carbocycles. The minimum Gasteiger partial charge on any atom is -0.462 e. The van der Waals surface area contributed by atoms with Crippen molar-refractivity contribution in [2.45, 2.75) is 65.2 Å². The first-order chi connectivity index (χ1) is 19.0. The fourth-order valence-corrected chi connectivity index (χ4v) is 3.16. The van der Waals surface area contributed by atoms with Gasteiger partial charge in [0.05, 0.1) is 0 Å². The summed E-state index contributed by atoms with van der Waals surface area (Å²) in [5.41, 5.74) is 0.136. The van der Waals surface area contributed by atoms with Crippen molar-refractivity contribution in [1.82, 2.24) is 0 Å². The highest BCUT2D eigenvalue weighted by Crippen LogP contribution is 2.19. The zero-order chi connectivity index (χ0) is 28.4. The largest absolute Gasteiger partial charge is 0.462 e. The maximum absolute atomic E-state index is 12.2. The number of carbonyl (C=O) groups excluding carboxylic acids is 3. The van der Waals surface area contributed by atoms with Crippen LogP contribution < -0.4 is 4.74 Å². The predicted molar refractivity (Wildman–Crippen MR) is 156 cm³/mol. The Hall–Kier alpha value is -3.93. The number of hydrogen-bond acceptors (Lipinski definition) is 6. The molecule has 0 aromatic heterocycles. The molecule has 6 nitrogen and oxygen atoms in total. The molecule has 0 saturated heterocycles. The van der Waals surface area contributed by atoms with Gasteiger partial charge in [-0.1, -0.05) is 92.0 Å². The Morgan fingerprint density at radius 2 is 1.15 bits per heavy atom. The Morgan fingerprint density at radius 1 is 0.667 bits per heavy atom. The normalized spacial score (nSPS) is 12.1. The second kappa shape index (κ2) is 23.2. The summed E-state index contributed by atoms with van der Waals surface area (Å²) < 4.78 is 15.2. The highest BCUT2D eigenvalue weighted by Gasteiger charge is 2.15. The average molecular weight is 535 g/mol. The summed E-state index contributed by atoms with van der Waals surface area (Å²) in [4.78, 5) is 35.2.